The smallest absolute Gasteiger partial charge is 0.0116 e. The third-order valence-corrected chi connectivity index (χ3v) is 6.44. The van der Waals surface area contributed by atoms with Gasteiger partial charge in [0, 0.05) is 0 Å². The van der Waals surface area contributed by atoms with Crippen molar-refractivity contribution in [3.63, 3.8) is 0 Å². The van der Waals surface area contributed by atoms with Crippen LogP contribution in [0.25, 0.3) is 0 Å². The van der Waals surface area contributed by atoms with Gasteiger partial charge in [-0.15, -0.1) is 0 Å². The predicted molar refractivity (Wildman–Crippen MR) is 55.4 cm³/mol. The normalized spacial score (nSPS) is 66.9. The van der Waals surface area contributed by atoms with E-state index in [1.54, 1.807) is 6.42 Å². The molecule has 0 aliphatic heterocycles. The van der Waals surface area contributed by atoms with Crippen LogP contribution in [0.5, 0.6) is 0 Å². The lowest BCUT2D eigenvalue weighted by atomic mass is 9.83. The number of hydrogen-bond acceptors (Lipinski definition) is 0. The Morgan fingerprint density at radius 3 is 2.23 bits per heavy atom. The fraction of sp³-hybridized carbons (Fsp3) is 1.00. The molecule has 3 fully saturated rings. The molecule has 0 aromatic carbocycles. The Balaban J connectivity index is 1.93. The van der Waals surface area contributed by atoms with Crippen LogP contribution in [0.4, 0.5) is 0 Å². The lowest BCUT2D eigenvalue weighted by Crippen LogP contribution is -2.17. The number of hydrogen-bond donors (Lipinski definition) is 0. The second kappa shape index (κ2) is 1.73. The molecular formula is C13H22. The largest absolute Gasteiger partial charge is 0.0651 e. The van der Waals surface area contributed by atoms with Crippen LogP contribution in [0.15, 0.2) is 0 Å². The van der Waals surface area contributed by atoms with Crippen LogP contribution in [0, 0.1) is 34.0 Å². The molecule has 74 valence electrons. The highest BCUT2D eigenvalue weighted by molar-refractivity contribution is 5.53. The molecule has 0 amide bonds. The van der Waals surface area contributed by atoms with E-state index in [-0.39, 0.29) is 0 Å². The minimum absolute atomic E-state index is 0.773. The molecule has 5 unspecified atom stereocenters. The van der Waals surface area contributed by atoms with Gasteiger partial charge in [-0.1, -0.05) is 41.0 Å². The summed E-state index contributed by atoms with van der Waals surface area (Å²) in [7, 11) is 0. The number of fused-ring (bicyclic) bond motifs is 3. The summed E-state index contributed by atoms with van der Waals surface area (Å²) >= 11 is 0. The van der Waals surface area contributed by atoms with Crippen molar-refractivity contribution in [1.82, 2.24) is 0 Å². The topological polar surface area (TPSA) is 0 Å². The molecule has 3 rings (SSSR count). The van der Waals surface area contributed by atoms with E-state index in [1.165, 1.54) is 6.42 Å². The molecule has 3 saturated carbocycles. The molecule has 0 aromatic rings. The average Bonchev–Trinajstić information content (AvgIpc) is 2.95. The SMILES string of the molecule is CCC1CC12C1(C)C(C)C12C(C)C. The van der Waals surface area contributed by atoms with Crippen molar-refractivity contribution in [3.05, 3.63) is 0 Å². The number of rotatable bonds is 2. The second-order valence-electron chi connectivity index (χ2n) is 6.23. The van der Waals surface area contributed by atoms with Crippen LogP contribution in [-0.4, -0.2) is 0 Å². The van der Waals surface area contributed by atoms with E-state index in [0.717, 1.165) is 34.0 Å². The van der Waals surface area contributed by atoms with Gasteiger partial charge in [0.2, 0.25) is 0 Å². The zero-order valence-corrected chi connectivity index (χ0v) is 9.65. The Hall–Kier alpha value is 0. The first kappa shape index (κ1) is 8.32. The lowest BCUT2D eigenvalue weighted by molar-refractivity contribution is 0.258. The van der Waals surface area contributed by atoms with Gasteiger partial charge >= 0.3 is 0 Å². The van der Waals surface area contributed by atoms with Crippen molar-refractivity contribution >= 4 is 0 Å². The van der Waals surface area contributed by atoms with Crippen LogP contribution in [-0.2, 0) is 0 Å². The van der Waals surface area contributed by atoms with Crippen LogP contribution in [0.3, 0.4) is 0 Å². The highest BCUT2D eigenvalue weighted by Gasteiger charge is 3.06. The van der Waals surface area contributed by atoms with Crippen molar-refractivity contribution in [2.75, 3.05) is 0 Å². The maximum Gasteiger partial charge on any atom is -0.0116 e. The van der Waals surface area contributed by atoms with E-state index in [9.17, 15) is 0 Å². The monoisotopic (exact) mass is 178 g/mol. The van der Waals surface area contributed by atoms with Gasteiger partial charge in [0.05, 0.1) is 0 Å². The molecule has 0 aromatic heterocycles. The molecule has 0 bridgehead atoms. The van der Waals surface area contributed by atoms with Gasteiger partial charge in [-0.05, 0) is 40.4 Å². The summed E-state index contributed by atoms with van der Waals surface area (Å²) in [4.78, 5) is 0. The zero-order chi connectivity index (χ0) is 9.65. The summed E-state index contributed by atoms with van der Waals surface area (Å²) in [6, 6.07) is 0. The first-order valence-corrected chi connectivity index (χ1v) is 6.01. The van der Waals surface area contributed by atoms with Gasteiger partial charge in [-0.2, -0.15) is 0 Å². The molecule has 0 heterocycles. The highest BCUT2D eigenvalue weighted by atomic mass is 15.1. The van der Waals surface area contributed by atoms with E-state index in [2.05, 4.69) is 34.6 Å². The van der Waals surface area contributed by atoms with Crippen LogP contribution in [0.1, 0.15) is 47.5 Å². The van der Waals surface area contributed by atoms with E-state index < -0.39 is 0 Å². The molecule has 0 saturated heterocycles. The molecule has 3 aliphatic carbocycles. The van der Waals surface area contributed by atoms with Crippen LogP contribution in [0.2, 0.25) is 0 Å². The molecule has 3 aliphatic rings. The average molecular weight is 178 g/mol. The molecule has 0 radical (unpaired) electrons. The fourth-order valence-electron chi connectivity index (χ4n) is 6.07. The van der Waals surface area contributed by atoms with Gasteiger partial charge in [-0.3, -0.25) is 0 Å². The first-order valence-electron chi connectivity index (χ1n) is 6.01. The minimum atomic E-state index is 0.773. The molecule has 5 atom stereocenters. The molecule has 1 spiro atoms. The third kappa shape index (κ3) is 0.444. The van der Waals surface area contributed by atoms with Crippen molar-refractivity contribution in [3.8, 4) is 0 Å². The third-order valence-electron chi connectivity index (χ3n) is 6.44. The van der Waals surface area contributed by atoms with Crippen LogP contribution < -0.4 is 0 Å². The summed E-state index contributed by atoms with van der Waals surface area (Å²) in [5.74, 6) is 3.04. The summed E-state index contributed by atoms with van der Waals surface area (Å²) < 4.78 is 0. The van der Waals surface area contributed by atoms with E-state index in [1.807, 2.05) is 0 Å². The van der Waals surface area contributed by atoms with E-state index >= 15 is 0 Å². The Morgan fingerprint density at radius 2 is 2.00 bits per heavy atom. The summed E-state index contributed by atoms with van der Waals surface area (Å²) in [5.41, 5.74) is 2.41. The Morgan fingerprint density at radius 1 is 1.38 bits per heavy atom. The maximum atomic E-state index is 2.56. The minimum Gasteiger partial charge on any atom is -0.0651 e. The molecular weight excluding hydrogens is 156 g/mol. The first-order chi connectivity index (χ1) is 6.01. The Kier molecular flexibility index (Phi) is 1.10. The standard InChI is InChI=1S/C13H22/c1-6-10-7-12(10)11(5)9(4)13(11,12)8(2)3/h8-10H,6-7H2,1-5H3. The summed E-state index contributed by atoms with van der Waals surface area (Å²) in [5, 5.41) is 0. The summed E-state index contributed by atoms with van der Waals surface area (Å²) in [6.07, 6.45) is 2.99. The van der Waals surface area contributed by atoms with Crippen molar-refractivity contribution in [1.29, 1.82) is 0 Å². The zero-order valence-electron chi connectivity index (χ0n) is 9.65. The van der Waals surface area contributed by atoms with Gasteiger partial charge in [0.25, 0.3) is 0 Å². The molecule has 0 N–H and O–H groups in total. The fourth-order valence-corrected chi connectivity index (χ4v) is 6.07. The molecule has 0 heteroatoms. The van der Waals surface area contributed by atoms with E-state index in [0.29, 0.717) is 0 Å². The van der Waals surface area contributed by atoms with Gasteiger partial charge in [0.1, 0.15) is 0 Å². The van der Waals surface area contributed by atoms with Gasteiger partial charge in [0.15, 0.2) is 0 Å². The lowest BCUT2D eigenvalue weighted by Gasteiger charge is -2.21. The maximum absolute atomic E-state index is 2.56. The highest BCUT2D eigenvalue weighted by Crippen LogP contribution is 3.10. The van der Waals surface area contributed by atoms with Crippen molar-refractivity contribution in [2.24, 2.45) is 34.0 Å². The molecule has 13 heavy (non-hydrogen) atoms. The van der Waals surface area contributed by atoms with Gasteiger partial charge < -0.3 is 0 Å². The van der Waals surface area contributed by atoms with Crippen LogP contribution >= 0.6 is 0 Å². The summed E-state index contributed by atoms with van der Waals surface area (Å²) in [6.45, 7) is 12.3. The quantitative estimate of drug-likeness (QED) is 0.604. The van der Waals surface area contributed by atoms with Gasteiger partial charge in [-0.25, -0.2) is 0 Å². The predicted octanol–water partition coefficient (Wildman–Crippen LogP) is 3.71. The Bertz CT molecular complexity index is 273. The van der Waals surface area contributed by atoms with Crippen molar-refractivity contribution in [2.45, 2.75) is 47.5 Å². The Labute approximate surface area is 82.1 Å². The molecule has 0 nitrogen and oxygen atoms in total. The van der Waals surface area contributed by atoms with Crippen molar-refractivity contribution < 1.29 is 0 Å². The second-order valence-corrected chi connectivity index (χ2v) is 6.23. The van der Waals surface area contributed by atoms with E-state index in [4.69, 9.17) is 0 Å².